The van der Waals surface area contributed by atoms with Crippen molar-refractivity contribution < 1.29 is 5.11 Å². The Morgan fingerprint density at radius 3 is 2.91 bits per heavy atom. The van der Waals surface area contributed by atoms with Crippen LogP contribution in [0.4, 0.5) is 0 Å². The van der Waals surface area contributed by atoms with Gasteiger partial charge in [-0.05, 0) is 12.1 Å². The lowest BCUT2D eigenvalue weighted by Crippen LogP contribution is -1.70. The van der Waals surface area contributed by atoms with Gasteiger partial charge in [-0.25, -0.2) is 0 Å². The molecule has 1 aromatic heterocycles. The number of halogens is 1. The summed E-state index contributed by atoms with van der Waals surface area (Å²) in [6, 6.07) is 3.75. The van der Waals surface area contributed by atoms with Crippen LogP contribution in [0.1, 0.15) is 9.75 Å². The lowest BCUT2D eigenvalue weighted by atomic mass is 10.4. The molecular weight excluding hydrogens is 180 g/mol. The lowest BCUT2D eigenvalue weighted by molar-refractivity contribution is 0.285. The summed E-state index contributed by atoms with van der Waals surface area (Å²) < 4.78 is 0. The normalized spacial score (nSPS) is 8.91. The number of aliphatic hydroxyl groups is 1. The van der Waals surface area contributed by atoms with E-state index in [1.807, 2.05) is 12.1 Å². The van der Waals surface area contributed by atoms with Gasteiger partial charge in [-0.15, -0.1) is 22.9 Å². The van der Waals surface area contributed by atoms with E-state index in [2.05, 4.69) is 11.8 Å². The summed E-state index contributed by atoms with van der Waals surface area (Å²) in [5, 5.41) is 8.71. The summed E-state index contributed by atoms with van der Waals surface area (Å²) in [4.78, 5) is 1.89. The van der Waals surface area contributed by atoms with Crippen LogP contribution in [0.3, 0.4) is 0 Å². The van der Waals surface area contributed by atoms with Crippen LogP contribution >= 0.6 is 22.9 Å². The quantitative estimate of drug-likeness (QED) is 0.524. The first-order chi connectivity index (χ1) is 5.36. The SMILES string of the molecule is OCc1ccc(C#CCCl)s1. The zero-order valence-electron chi connectivity index (χ0n) is 5.80. The van der Waals surface area contributed by atoms with Crippen LogP contribution in [0.5, 0.6) is 0 Å². The Morgan fingerprint density at radius 1 is 1.55 bits per heavy atom. The van der Waals surface area contributed by atoms with E-state index in [0.717, 1.165) is 9.75 Å². The monoisotopic (exact) mass is 186 g/mol. The summed E-state index contributed by atoms with van der Waals surface area (Å²) in [7, 11) is 0. The predicted molar refractivity (Wildman–Crippen MR) is 47.8 cm³/mol. The van der Waals surface area contributed by atoms with E-state index in [4.69, 9.17) is 16.7 Å². The number of alkyl halides is 1. The molecule has 1 rings (SSSR count). The van der Waals surface area contributed by atoms with Gasteiger partial charge in [-0.3, -0.25) is 0 Å². The number of hydrogen-bond donors (Lipinski definition) is 1. The summed E-state index contributed by atoms with van der Waals surface area (Å²) >= 11 is 6.86. The molecule has 0 saturated carbocycles. The fraction of sp³-hybridized carbons (Fsp3) is 0.250. The van der Waals surface area contributed by atoms with E-state index >= 15 is 0 Å². The summed E-state index contributed by atoms with van der Waals surface area (Å²) in [5.41, 5.74) is 0. The molecule has 0 bridgehead atoms. The second kappa shape index (κ2) is 4.40. The molecule has 0 aliphatic rings. The van der Waals surface area contributed by atoms with Gasteiger partial charge in [-0.1, -0.05) is 11.8 Å². The highest BCUT2D eigenvalue weighted by Crippen LogP contribution is 2.14. The van der Waals surface area contributed by atoms with Gasteiger partial charge < -0.3 is 5.11 Å². The van der Waals surface area contributed by atoms with Crippen molar-refractivity contribution in [1.29, 1.82) is 0 Å². The van der Waals surface area contributed by atoms with E-state index in [0.29, 0.717) is 5.88 Å². The highest BCUT2D eigenvalue weighted by Gasteiger charge is 1.93. The highest BCUT2D eigenvalue weighted by atomic mass is 35.5. The van der Waals surface area contributed by atoms with Crippen LogP contribution in [-0.2, 0) is 6.61 Å². The fourth-order valence-electron chi connectivity index (χ4n) is 0.651. The van der Waals surface area contributed by atoms with Crippen molar-refractivity contribution in [2.24, 2.45) is 0 Å². The topological polar surface area (TPSA) is 20.2 Å². The molecule has 0 spiro atoms. The molecule has 0 aromatic carbocycles. The Hall–Kier alpha value is -0.490. The van der Waals surface area contributed by atoms with Gasteiger partial charge in [-0.2, -0.15) is 0 Å². The van der Waals surface area contributed by atoms with Crippen LogP contribution in [0.2, 0.25) is 0 Å². The van der Waals surface area contributed by atoms with Gasteiger partial charge >= 0.3 is 0 Å². The number of rotatable bonds is 1. The van der Waals surface area contributed by atoms with Crippen LogP contribution < -0.4 is 0 Å². The zero-order chi connectivity index (χ0) is 8.10. The second-order valence-corrected chi connectivity index (χ2v) is 3.30. The van der Waals surface area contributed by atoms with Crippen molar-refractivity contribution >= 4 is 22.9 Å². The van der Waals surface area contributed by atoms with Gasteiger partial charge in [0.2, 0.25) is 0 Å². The molecular formula is C8H7ClOS. The Bertz CT molecular complexity index is 282. The highest BCUT2D eigenvalue weighted by molar-refractivity contribution is 7.12. The Labute approximate surface area is 74.6 Å². The molecule has 0 atom stereocenters. The van der Waals surface area contributed by atoms with Crippen molar-refractivity contribution in [3.05, 3.63) is 21.9 Å². The van der Waals surface area contributed by atoms with Gasteiger partial charge in [0.1, 0.15) is 0 Å². The van der Waals surface area contributed by atoms with E-state index in [1.54, 1.807) is 0 Å². The smallest absolute Gasteiger partial charge is 0.0839 e. The fourth-order valence-corrected chi connectivity index (χ4v) is 1.46. The molecule has 3 heteroatoms. The number of hydrogen-bond acceptors (Lipinski definition) is 2. The molecule has 11 heavy (non-hydrogen) atoms. The molecule has 58 valence electrons. The second-order valence-electron chi connectivity index (χ2n) is 1.86. The number of thiophene rings is 1. The van der Waals surface area contributed by atoms with Crippen molar-refractivity contribution in [1.82, 2.24) is 0 Å². The van der Waals surface area contributed by atoms with E-state index in [-0.39, 0.29) is 6.61 Å². The largest absolute Gasteiger partial charge is 0.391 e. The van der Waals surface area contributed by atoms with Crippen LogP contribution in [0, 0.1) is 11.8 Å². The molecule has 0 amide bonds. The van der Waals surface area contributed by atoms with Gasteiger partial charge in [0.05, 0.1) is 17.4 Å². The molecule has 1 heterocycles. The van der Waals surface area contributed by atoms with Gasteiger partial charge in [0.25, 0.3) is 0 Å². The first-order valence-electron chi connectivity index (χ1n) is 3.11. The predicted octanol–water partition coefficient (Wildman–Crippen LogP) is 1.83. The van der Waals surface area contributed by atoms with E-state index in [1.165, 1.54) is 11.3 Å². The van der Waals surface area contributed by atoms with Crippen LogP contribution in [-0.4, -0.2) is 11.0 Å². The van der Waals surface area contributed by atoms with E-state index < -0.39 is 0 Å². The Morgan fingerprint density at radius 2 is 2.36 bits per heavy atom. The first kappa shape index (κ1) is 8.61. The maximum absolute atomic E-state index is 8.71. The van der Waals surface area contributed by atoms with Crippen LogP contribution in [0.25, 0.3) is 0 Å². The molecule has 0 aliphatic heterocycles. The Kier molecular flexibility index (Phi) is 3.44. The average molecular weight is 187 g/mol. The molecule has 0 fully saturated rings. The molecule has 0 saturated heterocycles. The summed E-state index contributed by atoms with van der Waals surface area (Å²) in [5.74, 6) is 5.97. The summed E-state index contributed by atoms with van der Waals surface area (Å²) in [6.07, 6.45) is 0. The van der Waals surface area contributed by atoms with Crippen molar-refractivity contribution in [3.8, 4) is 11.8 Å². The molecule has 0 radical (unpaired) electrons. The third-order valence-corrected chi connectivity index (χ3v) is 2.21. The maximum Gasteiger partial charge on any atom is 0.0839 e. The minimum atomic E-state index is 0.0905. The number of aliphatic hydroxyl groups excluding tert-OH is 1. The standard InChI is InChI=1S/C8H7ClOS/c9-5-1-2-7-3-4-8(6-10)11-7/h3-4,10H,5-6H2. The van der Waals surface area contributed by atoms with E-state index in [9.17, 15) is 0 Å². The third kappa shape index (κ3) is 2.55. The Balaban J connectivity index is 2.72. The van der Waals surface area contributed by atoms with Gasteiger partial charge in [0.15, 0.2) is 0 Å². The van der Waals surface area contributed by atoms with Crippen molar-refractivity contribution in [3.63, 3.8) is 0 Å². The maximum atomic E-state index is 8.71. The molecule has 1 nitrogen and oxygen atoms in total. The van der Waals surface area contributed by atoms with Gasteiger partial charge in [0, 0.05) is 4.88 Å². The lowest BCUT2D eigenvalue weighted by Gasteiger charge is -1.80. The van der Waals surface area contributed by atoms with Crippen molar-refractivity contribution in [2.75, 3.05) is 5.88 Å². The average Bonchev–Trinajstić information content (AvgIpc) is 2.48. The zero-order valence-corrected chi connectivity index (χ0v) is 7.37. The minimum Gasteiger partial charge on any atom is -0.391 e. The molecule has 1 aromatic rings. The molecule has 1 N–H and O–H groups in total. The first-order valence-corrected chi connectivity index (χ1v) is 4.46. The van der Waals surface area contributed by atoms with Crippen LogP contribution in [0.15, 0.2) is 12.1 Å². The minimum absolute atomic E-state index is 0.0905. The van der Waals surface area contributed by atoms with Crippen molar-refractivity contribution in [2.45, 2.75) is 6.61 Å². The third-order valence-electron chi connectivity index (χ3n) is 1.10. The molecule has 0 aliphatic carbocycles. The summed E-state index contributed by atoms with van der Waals surface area (Å²) in [6.45, 7) is 0.0905. The molecule has 0 unspecified atom stereocenters.